The highest BCUT2D eigenvalue weighted by molar-refractivity contribution is 9.10. The maximum Gasteiger partial charge on any atom is 0.154 e. The van der Waals surface area contributed by atoms with E-state index in [0.717, 1.165) is 41.2 Å². The van der Waals surface area contributed by atoms with Crippen LogP contribution in [0.1, 0.15) is 35.9 Å². The number of aryl methyl sites for hydroxylation is 1. The van der Waals surface area contributed by atoms with E-state index in [1.165, 1.54) is 12.0 Å². The Morgan fingerprint density at radius 1 is 1.43 bits per heavy atom. The predicted molar refractivity (Wildman–Crippen MR) is 84.3 cm³/mol. The van der Waals surface area contributed by atoms with Crippen LogP contribution < -0.4 is 4.74 Å². The molecule has 0 bridgehead atoms. The zero-order valence-corrected chi connectivity index (χ0v) is 13.9. The number of hydrogen-bond acceptors (Lipinski definition) is 4. The molecule has 4 nitrogen and oxygen atoms in total. The fourth-order valence-electron chi connectivity index (χ4n) is 2.92. The van der Waals surface area contributed by atoms with E-state index in [1.54, 1.807) is 7.11 Å². The van der Waals surface area contributed by atoms with Crippen molar-refractivity contribution >= 4 is 15.9 Å². The van der Waals surface area contributed by atoms with E-state index in [0.29, 0.717) is 6.04 Å². The summed E-state index contributed by atoms with van der Waals surface area (Å²) in [7, 11) is 1.68. The van der Waals surface area contributed by atoms with Crippen LogP contribution in [0.25, 0.3) is 0 Å². The first-order chi connectivity index (χ1) is 10.2. The van der Waals surface area contributed by atoms with Crippen molar-refractivity contribution in [2.24, 2.45) is 0 Å². The number of ether oxygens (including phenoxy) is 1. The van der Waals surface area contributed by atoms with E-state index < -0.39 is 0 Å². The summed E-state index contributed by atoms with van der Waals surface area (Å²) in [5, 5.41) is 4.01. The molecule has 1 fully saturated rings. The highest BCUT2D eigenvalue weighted by atomic mass is 79.9. The third-order valence-electron chi connectivity index (χ3n) is 3.94. The minimum Gasteiger partial charge on any atom is -0.496 e. The first-order valence-corrected chi connectivity index (χ1v) is 7.96. The molecule has 1 aliphatic rings. The topological polar surface area (TPSA) is 38.5 Å². The highest BCUT2D eigenvalue weighted by Gasteiger charge is 2.29. The molecule has 0 amide bonds. The largest absolute Gasteiger partial charge is 0.496 e. The van der Waals surface area contributed by atoms with Crippen molar-refractivity contribution in [1.29, 1.82) is 0 Å². The van der Waals surface area contributed by atoms with Gasteiger partial charge in [0.25, 0.3) is 0 Å². The minimum atomic E-state index is 0.340. The van der Waals surface area contributed by atoms with Crippen LogP contribution >= 0.6 is 15.9 Å². The van der Waals surface area contributed by atoms with Crippen LogP contribution in [0.4, 0.5) is 0 Å². The first kappa shape index (κ1) is 14.6. The van der Waals surface area contributed by atoms with Crippen molar-refractivity contribution in [3.8, 4) is 5.75 Å². The van der Waals surface area contributed by atoms with Crippen molar-refractivity contribution < 1.29 is 9.26 Å². The molecule has 1 aromatic heterocycles. The summed E-state index contributed by atoms with van der Waals surface area (Å²) in [4.78, 5) is 2.45. The van der Waals surface area contributed by atoms with Crippen molar-refractivity contribution in [3.63, 3.8) is 0 Å². The zero-order valence-electron chi connectivity index (χ0n) is 12.3. The van der Waals surface area contributed by atoms with Gasteiger partial charge in [-0.05, 0) is 59.9 Å². The molecule has 0 radical (unpaired) electrons. The SMILES string of the molecule is COc1ccc(CN2CCC[C@@H]2c2cc(C)no2)cc1Br. The number of aromatic nitrogens is 1. The summed E-state index contributed by atoms with van der Waals surface area (Å²) in [6, 6.07) is 8.63. The summed E-state index contributed by atoms with van der Waals surface area (Å²) in [5.41, 5.74) is 2.22. The fourth-order valence-corrected chi connectivity index (χ4v) is 3.51. The molecule has 5 heteroatoms. The maximum atomic E-state index is 5.46. The number of methoxy groups -OCH3 is 1. The molecule has 3 rings (SSSR count). The standard InChI is InChI=1S/C16H19BrN2O2/c1-11-8-16(21-18-11)14-4-3-7-19(14)10-12-5-6-15(20-2)13(17)9-12/h5-6,8-9,14H,3-4,7,10H2,1-2H3/t14-/m1/s1. The van der Waals surface area contributed by atoms with Crippen LogP contribution in [0.2, 0.25) is 0 Å². The second kappa shape index (κ2) is 6.20. The van der Waals surface area contributed by atoms with E-state index in [2.05, 4.69) is 38.1 Å². The Labute approximate surface area is 133 Å². The Bertz CT molecular complexity index is 626. The van der Waals surface area contributed by atoms with Gasteiger partial charge in [0.15, 0.2) is 5.76 Å². The number of likely N-dealkylation sites (tertiary alicyclic amines) is 1. The Kier molecular flexibility index (Phi) is 4.31. The lowest BCUT2D eigenvalue weighted by molar-refractivity contribution is 0.206. The Hall–Kier alpha value is -1.33. The van der Waals surface area contributed by atoms with Gasteiger partial charge in [-0.3, -0.25) is 4.90 Å². The molecule has 1 saturated heterocycles. The molecule has 1 atom stereocenters. The molecule has 1 aromatic carbocycles. The molecule has 21 heavy (non-hydrogen) atoms. The zero-order chi connectivity index (χ0) is 14.8. The van der Waals surface area contributed by atoms with Crippen LogP contribution in [-0.2, 0) is 6.54 Å². The highest BCUT2D eigenvalue weighted by Crippen LogP contribution is 2.34. The fraction of sp³-hybridized carbons (Fsp3) is 0.438. The van der Waals surface area contributed by atoms with Crippen LogP contribution in [0, 0.1) is 6.92 Å². The van der Waals surface area contributed by atoms with E-state index >= 15 is 0 Å². The second-order valence-electron chi connectivity index (χ2n) is 5.47. The molecule has 0 spiro atoms. The van der Waals surface area contributed by atoms with E-state index in [9.17, 15) is 0 Å². The number of nitrogens with zero attached hydrogens (tertiary/aromatic N) is 2. The van der Waals surface area contributed by atoms with Crippen LogP contribution in [0.15, 0.2) is 33.3 Å². The summed E-state index contributed by atoms with van der Waals surface area (Å²) < 4.78 is 11.7. The number of hydrogen-bond donors (Lipinski definition) is 0. The average Bonchev–Trinajstić information content (AvgIpc) is 3.08. The molecular formula is C16H19BrN2O2. The van der Waals surface area contributed by atoms with E-state index in [1.807, 2.05) is 19.1 Å². The summed E-state index contributed by atoms with van der Waals surface area (Å²) in [6.07, 6.45) is 2.33. The Morgan fingerprint density at radius 3 is 2.95 bits per heavy atom. The third-order valence-corrected chi connectivity index (χ3v) is 4.56. The molecule has 112 valence electrons. The van der Waals surface area contributed by atoms with E-state index in [-0.39, 0.29) is 0 Å². The molecule has 2 aromatic rings. The van der Waals surface area contributed by atoms with Gasteiger partial charge in [0.1, 0.15) is 5.75 Å². The molecule has 0 saturated carbocycles. The van der Waals surface area contributed by atoms with E-state index in [4.69, 9.17) is 9.26 Å². The van der Waals surface area contributed by atoms with Crippen LogP contribution in [0.5, 0.6) is 5.75 Å². The smallest absolute Gasteiger partial charge is 0.154 e. The Balaban J connectivity index is 1.75. The summed E-state index contributed by atoms with van der Waals surface area (Å²) in [6.45, 7) is 3.97. The first-order valence-electron chi connectivity index (χ1n) is 7.17. The normalized spacial score (nSPS) is 19.1. The van der Waals surface area contributed by atoms with Crippen molar-refractivity contribution in [1.82, 2.24) is 10.1 Å². The van der Waals surface area contributed by atoms with Crippen molar-refractivity contribution in [3.05, 3.63) is 45.8 Å². The number of rotatable bonds is 4. The molecule has 2 heterocycles. The third kappa shape index (κ3) is 3.14. The van der Waals surface area contributed by atoms with Crippen molar-refractivity contribution in [2.75, 3.05) is 13.7 Å². The molecule has 0 unspecified atom stereocenters. The van der Waals surface area contributed by atoms with Crippen molar-refractivity contribution in [2.45, 2.75) is 32.4 Å². The van der Waals surface area contributed by atoms with Gasteiger partial charge >= 0.3 is 0 Å². The lowest BCUT2D eigenvalue weighted by Crippen LogP contribution is -2.22. The van der Waals surface area contributed by atoms with Gasteiger partial charge in [-0.1, -0.05) is 11.2 Å². The van der Waals surface area contributed by atoms with Gasteiger partial charge in [0.2, 0.25) is 0 Å². The molecular weight excluding hydrogens is 332 g/mol. The lowest BCUT2D eigenvalue weighted by Gasteiger charge is -2.22. The van der Waals surface area contributed by atoms with Crippen LogP contribution in [0.3, 0.4) is 0 Å². The van der Waals surface area contributed by atoms with Crippen LogP contribution in [-0.4, -0.2) is 23.7 Å². The van der Waals surface area contributed by atoms with Gasteiger partial charge in [-0.15, -0.1) is 0 Å². The summed E-state index contributed by atoms with van der Waals surface area (Å²) >= 11 is 3.55. The maximum absolute atomic E-state index is 5.46. The second-order valence-corrected chi connectivity index (χ2v) is 6.32. The van der Waals surface area contributed by atoms with Gasteiger partial charge in [0.05, 0.1) is 23.3 Å². The summed E-state index contributed by atoms with van der Waals surface area (Å²) in [5.74, 6) is 1.85. The Morgan fingerprint density at radius 2 is 2.29 bits per heavy atom. The molecule has 0 N–H and O–H groups in total. The molecule has 1 aliphatic heterocycles. The average molecular weight is 351 g/mol. The van der Waals surface area contributed by atoms with Gasteiger partial charge in [-0.25, -0.2) is 0 Å². The predicted octanol–water partition coefficient (Wildman–Crippen LogP) is 4.09. The van der Waals surface area contributed by atoms with Gasteiger partial charge < -0.3 is 9.26 Å². The minimum absolute atomic E-state index is 0.340. The molecule has 0 aliphatic carbocycles. The van der Waals surface area contributed by atoms with Gasteiger partial charge in [-0.2, -0.15) is 0 Å². The van der Waals surface area contributed by atoms with Gasteiger partial charge in [0, 0.05) is 12.6 Å². The lowest BCUT2D eigenvalue weighted by atomic mass is 10.1. The quantitative estimate of drug-likeness (QED) is 0.832. The number of halogens is 1. The monoisotopic (exact) mass is 350 g/mol. The number of benzene rings is 1.